The summed E-state index contributed by atoms with van der Waals surface area (Å²) in [5.74, 6) is 2.27. The van der Waals surface area contributed by atoms with E-state index < -0.39 is 0 Å². The lowest BCUT2D eigenvalue weighted by Crippen LogP contribution is -2.15. The van der Waals surface area contributed by atoms with E-state index in [0.29, 0.717) is 23.3 Å². The van der Waals surface area contributed by atoms with Crippen LogP contribution in [-0.4, -0.2) is 33.5 Å². The standard InChI is InChI=1S/C24H24N4O3S/c1-3-28-22(15-31-19-11-7-10-18(14-19)30-2)26-27-24(28)32-16-23(29)25-21-13-6-9-17-8-4-5-12-20(17)21/h4-14H,3,15-16H2,1-2H3,(H,25,29). The van der Waals surface area contributed by atoms with Crippen LogP contribution in [0.1, 0.15) is 12.7 Å². The molecular weight excluding hydrogens is 424 g/mol. The van der Waals surface area contributed by atoms with E-state index in [1.54, 1.807) is 7.11 Å². The molecule has 4 rings (SSSR count). The number of fused-ring (bicyclic) bond motifs is 1. The van der Waals surface area contributed by atoms with Crippen LogP contribution < -0.4 is 14.8 Å². The second kappa shape index (κ2) is 10.2. The highest BCUT2D eigenvalue weighted by Gasteiger charge is 2.14. The topological polar surface area (TPSA) is 78.3 Å². The lowest BCUT2D eigenvalue weighted by Gasteiger charge is -2.10. The summed E-state index contributed by atoms with van der Waals surface area (Å²) in [4.78, 5) is 12.6. The number of rotatable bonds is 9. The summed E-state index contributed by atoms with van der Waals surface area (Å²) in [6.45, 7) is 2.96. The van der Waals surface area contributed by atoms with Crippen molar-refractivity contribution < 1.29 is 14.3 Å². The number of methoxy groups -OCH3 is 1. The fourth-order valence-electron chi connectivity index (χ4n) is 3.34. The number of nitrogens with zero attached hydrogens (tertiary/aromatic N) is 3. The Morgan fingerprint density at radius 3 is 2.66 bits per heavy atom. The van der Waals surface area contributed by atoms with Crippen molar-refractivity contribution >= 4 is 34.1 Å². The van der Waals surface area contributed by atoms with Crippen molar-refractivity contribution in [2.24, 2.45) is 0 Å². The molecule has 3 aromatic carbocycles. The molecular formula is C24H24N4O3S. The summed E-state index contributed by atoms with van der Waals surface area (Å²) in [7, 11) is 1.62. The van der Waals surface area contributed by atoms with Gasteiger partial charge in [-0.2, -0.15) is 0 Å². The molecule has 0 bridgehead atoms. The highest BCUT2D eigenvalue weighted by molar-refractivity contribution is 7.99. The number of anilines is 1. The molecule has 0 spiro atoms. The number of carbonyl (C=O) groups is 1. The lowest BCUT2D eigenvalue weighted by molar-refractivity contribution is -0.113. The first-order chi connectivity index (χ1) is 15.7. The van der Waals surface area contributed by atoms with Crippen LogP contribution in [0.4, 0.5) is 5.69 Å². The Balaban J connectivity index is 1.38. The van der Waals surface area contributed by atoms with Crippen molar-refractivity contribution in [3.05, 3.63) is 72.6 Å². The minimum atomic E-state index is -0.0915. The fourth-order valence-corrected chi connectivity index (χ4v) is 4.16. The van der Waals surface area contributed by atoms with Crippen molar-refractivity contribution in [1.82, 2.24) is 14.8 Å². The van der Waals surface area contributed by atoms with Crippen molar-refractivity contribution in [1.29, 1.82) is 0 Å². The van der Waals surface area contributed by atoms with Gasteiger partial charge >= 0.3 is 0 Å². The van der Waals surface area contributed by atoms with Gasteiger partial charge in [0.15, 0.2) is 11.0 Å². The van der Waals surface area contributed by atoms with Crippen LogP contribution in [0.5, 0.6) is 11.5 Å². The van der Waals surface area contributed by atoms with Crippen molar-refractivity contribution in [3.8, 4) is 11.5 Å². The molecule has 1 amide bonds. The van der Waals surface area contributed by atoms with Crippen LogP contribution in [0.25, 0.3) is 10.8 Å². The second-order valence-corrected chi connectivity index (χ2v) is 7.92. The minimum Gasteiger partial charge on any atom is -0.497 e. The van der Waals surface area contributed by atoms with Gasteiger partial charge in [0.05, 0.1) is 12.9 Å². The maximum Gasteiger partial charge on any atom is 0.234 e. The van der Waals surface area contributed by atoms with Gasteiger partial charge in [-0.1, -0.05) is 54.2 Å². The molecule has 0 aliphatic carbocycles. The molecule has 0 unspecified atom stereocenters. The number of carbonyl (C=O) groups excluding carboxylic acids is 1. The Bertz CT molecular complexity index is 1220. The van der Waals surface area contributed by atoms with E-state index in [4.69, 9.17) is 9.47 Å². The quantitative estimate of drug-likeness (QED) is 0.372. The molecule has 0 radical (unpaired) electrons. The van der Waals surface area contributed by atoms with E-state index in [-0.39, 0.29) is 18.3 Å². The summed E-state index contributed by atoms with van der Waals surface area (Å²) in [5.41, 5.74) is 0.804. The average Bonchev–Trinajstić information content (AvgIpc) is 3.23. The lowest BCUT2D eigenvalue weighted by atomic mass is 10.1. The Kier molecular flexibility index (Phi) is 6.91. The van der Waals surface area contributed by atoms with Crippen molar-refractivity contribution in [2.45, 2.75) is 25.2 Å². The zero-order valence-corrected chi connectivity index (χ0v) is 18.8. The molecule has 4 aromatic rings. The predicted octanol–water partition coefficient (Wildman–Crippen LogP) is 4.77. The van der Waals surface area contributed by atoms with Gasteiger partial charge < -0.3 is 19.4 Å². The van der Waals surface area contributed by atoms with E-state index in [1.807, 2.05) is 78.2 Å². The van der Waals surface area contributed by atoms with Crippen LogP contribution in [0, 0.1) is 0 Å². The Morgan fingerprint density at radius 1 is 1.03 bits per heavy atom. The molecule has 32 heavy (non-hydrogen) atoms. The third-order valence-electron chi connectivity index (χ3n) is 4.91. The molecule has 0 atom stereocenters. The minimum absolute atomic E-state index is 0.0915. The monoisotopic (exact) mass is 448 g/mol. The summed E-state index contributed by atoms with van der Waals surface area (Å²) in [5, 5.41) is 14.3. The third-order valence-corrected chi connectivity index (χ3v) is 5.88. The number of ether oxygens (including phenoxy) is 2. The normalized spacial score (nSPS) is 10.8. The number of benzene rings is 3. The van der Waals surface area contributed by atoms with Gasteiger partial charge in [0, 0.05) is 23.7 Å². The van der Waals surface area contributed by atoms with Gasteiger partial charge in [-0.15, -0.1) is 10.2 Å². The van der Waals surface area contributed by atoms with Gasteiger partial charge in [0.25, 0.3) is 0 Å². The highest BCUT2D eigenvalue weighted by Crippen LogP contribution is 2.24. The Hall–Kier alpha value is -3.52. The molecule has 0 aliphatic rings. The van der Waals surface area contributed by atoms with Crippen LogP contribution in [-0.2, 0) is 17.9 Å². The molecule has 0 aliphatic heterocycles. The van der Waals surface area contributed by atoms with Gasteiger partial charge in [-0.25, -0.2) is 0 Å². The number of hydrogen-bond donors (Lipinski definition) is 1. The molecule has 0 fully saturated rings. The molecule has 1 N–H and O–H groups in total. The summed E-state index contributed by atoms with van der Waals surface area (Å²) < 4.78 is 13.0. The molecule has 7 nitrogen and oxygen atoms in total. The second-order valence-electron chi connectivity index (χ2n) is 6.97. The first-order valence-electron chi connectivity index (χ1n) is 10.3. The Morgan fingerprint density at radius 2 is 1.81 bits per heavy atom. The summed E-state index contributed by atoms with van der Waals surface area (Å²) >= 11 is 1.35. The molecule has 1 heterocycles. The van der Waals surface area contributed by atoms with E-state index in [9.17, 15) is 4.79 Å². The zero-order valence-electron chi connectivity index (χ0n) is 17.9. The smallest absolute Gasteiger partial charge is 0.234 e. The first kappa shape index (κ1) is 21.7. The summed E-state index contributed by atoms with van der Waals surface area (Å²) in [6, 6.07) is 21.3. The van der Waals surface area contributed by atoms with Gasteiger partial charge in [-0.05, 0) is 30.5 Å². The molecule has 164 valence electrons. The number of nitrogens with one attached hydrogen (secondary N) is 1. The zero-order chi connectivity index (χ0) is 22.3. The van der Waals surface area contributed by atoms with Crippen LogP contribution in [0.15, 0.2) is 71.9 Å². The molecule has 8 heteroatoms. The highest BCUT2D eigenvalue weighted by atomic mass is 32.2. The van der Waals surface area contributed by atoms with E-state index >= 15 is 0 Å². The number of hydrogen-bond acceptors (Lipinski definition) is 6. The van der Waals surface area contributed by atoms with Gasteiger partial charge in [-0.3, -0.25) is 4.79 Å². The number of aromatic nitrogens is 3. The molecule has 0 saturated carbocycles. The maximum atomic E-state index is 12.6. The van der Waals surface area contributed by atoms with Crippen LogP contribution >= 0.6 is 11.8 Å². The van der Waals surface area contributed by atoms with Crippen molar-refractivity contribution in [2.75, 3.05) is 18.2 Å². The van der Waals surface area contributed by atoms with Gasteiger partial charge in [0.1, 0.15) is 18.1 Å². The van der Waals surface area contributed by atoms with E-state index in [2.05, 4.69) is 15.5 Å². The van der Waals surface area contributed by atoms with E-state index in [1.165, 1.54) is 11.8 Å². The summed E-state index contributed by atoms with van der Waals surface area (Å²) in [6.07, 6.45) is 0. The van der Waals surface area contributed by atoms with E-state index in [0.717, 1.165) is 22.2 Å². The van der Waals surface area contributed by atoms with Gasteiger partial charge in [0.2, 0.25) is 5.91 Å². The number of thioether (sulfide) groups is 1. The van der Waals surface area contributed by atoms with Crippen molar-refractivity contribution in [3.63, 3.8) is 0 Å². The molecule has 0 saturated heterocycles. The first-order valence-corrected chi connectivity index (χ1v) is 11.3. The SMILES string of the molecule is CCn1c(COc2cccc(OC)c2)nnc1SCC(=O)Nc1cccc2ccccc12. The number of amides is 1. The third kappa shape index (κ3) is 5.03. The fraction of sp³-hybridized carbons (Fsp3) is 0.208. The van der Waals surface area contributed by atoms with Crippen LogP contribution in [0.3, 0.4) is 0 Å². The predicted molar refractivity (Wildman–Crippen MR) is 126 cm³/mol. The largest absolute Gasteiger partial charge is 0.497 e. The maximum absolute atomic E-state index is 12.6. The molecule has 1 aromatic heterocycles. The average molecular weight is 449 g/mol. The Labute approximate surface area is 190 Å². The van der Waals surface area contributed by atoms with Crippen LogP contribution in [0.2, 0.25) is 0 Å².